The molecule has 63 heavy (non-hydrogen) atoms. The molecule has 4 N–H and O–H groups in total. The van der Waals surface area contributed by atoms with E-state index in [9.17, 15) is 29.4 Å². The highest BCUT2D eigenvalue weighted by Gasteiger charge is 2.33. The summed E-state index contributed by atoms with van der Waals surface area (Å²) in [6.07, 6.45) is 12.2. The maximum Gasteiger partial charge on any atom is 0.339 e. The molecule has 2 heterocycles. The van der Waals surface area contributed by atoms with Crippen molar-refractivity contribution in [3.63, 3.8) is 0 Å². The van der Waals surface area contributed by atoms with Crippen molar-refractivity contribution in [3.05, 3.63) is 145 Å². The molecular formula is C47H50O16. The lowest BCUT2D eigenvalue weighted by Gasteiger charge is -2.29. The first kappa shape index (κ1) is 47.3. The van der Waals surface area contributed by atoms with E-state index in [1.165, 1.54) is 6.92 Å². The third kappa shape index (κ3) is 14.2. The fourth-order valence-corrected chi connectivity index (χ4v) is 6.13. The van der Waals surface area contributed by atoms with Gasteiger partial charge in [-0.2, -0.15) is 0 Å². The Hall–Kier alpha value is -6.72. The van der Waals surface area contributed by atoms with Gasteiger partial charge in [0.05, 0.1) is 24.4 Å². The van der Waals surface area contributed by atoms with E-state index in [0.29, 0.717) is 45.3 Å². The minimum atomic E-state index is -1.00. The molecule has 0 amide bonds. The third-order valence-corrected chi connectivity index (χ3v) is 9.30. The summed E-state index contributed by atoms with van der Waals surface area (Å²) in [6, 6.07) is 14.0. The zero-order valence-corrected chi connectivity index (χ0v) is 34.5. The summed E-state index contributed by atoms with van der Waals surface area (Å²) in [6.45, 7) is 7.93. The summed E-state index contributed by atoms with van der Waals surface area (Å²) in [5.74, 6) is -0.299. The summed E-state index contributed by atoms with van der Waals surface area (Å²) < 4.78 is 42.5. The molecule has 334 valence electrons. The zero-order chi connectivity index (χ0) is 45.3. The van der Waals surface area contributed by atoms with Crippen molar-refractivity contribution in [2.45, 2.75) is 31.3 Å². The molecule has 16 heteroatoms. The molecule has 0 fully saturated rings. The molecule has 16 nitrogen and oxygen atoms in total. The van der Waals surface area contributed by atoms with Crippen LogP contribution in [0.3, 0.4) is 0 Å². The van der Waals surface area contributed by atoms with Gasteiger partial charge in [0.15, 0.2) is 0 Å². The fraction of sp³-hybridized carbons (Fsp3) is 0.319. The van der Waals surface area contributed by atoms with Gasteiger partial charge in [-0.3, -0.25) is 0 Å². The number of rotatable bonds is 20. The topological polar surface area (TPSA) is 223 Å². The zero-order valence-electron chi connectivity index (χ0n) is 34.5. The molecule has 0 aromatic heterocycles. The number of hydrogen-bond donors (Lipinski definition) is 4. The normalized spacial score (nSPS) is 20.4. The number of aliphatic hydroxyl groups excluding tert-OH is 4. The number of hydrogen-bond acceptors (Lipinski definition) is 16. The Morgan fingerprint density at radius 3 is 1.49 bits per heavy atom. The Balaban J connectivity index is 0.000000238. The van der Waals surface area contributed by atoms with E-state index in [4.69, 9.17) is 48.1 Å². The van der Waals surface area contributed by atoms with Crippen LogP contribution >= 0.6 is 0 Å². The molecule has 0 saturated carbocycles. The average molecular weight is 871 g/mol. The Kier molecular flexibility index (Phi) is 17.6. The molecule has 0 spiro atoms. The number of ether oxygens (including phenoxy) is 8. The van der Waals surface area contributed by atoms with Crippen LogP contribution in [0.1, 0.15) is 18.1 Å². The lowest BCUT2D eigenvalue weighted by atomic mass is 9.90. The molecule has 0 saturated heterocycles. The van der Waals surface area contributed by atoms with Crippen molar-refractivity contribution in [3.8, 4) is 11.5 Å². The number of benzene rings is 2. The molecule has 6 unspecified atom stereocenters. The van der Waals surface area contributed by atoms with Crippen molar-refractivity contribution in [1.82, 2.24) is 0 Å². The quantitative estimate of drug-likeness (QED) is 0.0850. The molecule has 6 rings (SSSR count). The second-order valence-corrected chi connectivity index (χ2v) is 14.2. The van der Waals surface area contributed by atoms with E-state index in [0.717, 1.165) is 6.08 Å². The van der Waals surface area contributed by atoms with Crippen LogP contribution in [0, 0.1) is 11.8 Å². The second-order valence-electron chi connectivity index (χ2n) is 14.2. The van der Waals surface area contributed by atoms with Gasteiger partial charge in [-0.25, -0.2) is 19.2 Å². The first-order valence-electron chi connectivity index (χ1n) is 19.9. The van der Waals surface area contributed by atoms with Crippen LogP contribution in [0.25, 0.3) is 11.1 Å². The van der Waals surface area contributed by atoms with E-state index in [1.807, 2.05) is 24.3 Å². The van der Waals surface area contributed by atoms with Crippen molar-refractivity contribution in [2.24, 2.45) is 11.8 Å². The fourth-order valence-electron chi connectivity index (χ4n) is 6.13. The molecule has 0 bridgehead atoms. The number of allylic oxidation sites excluding steroid dienone is 2. The van der Waals surface area contributed by atoms with Crippen molar-refractivity contribution in [2.75, 3.05) is 52.9 Å². The second kappa shape index (κ2) is 23.5. The van der Waals surface area contributed by atoms with Crippen LogP contribution in [0.5, 0.6) is 11.5 Å². The lowest BCUT2D eigenvalue weighted by Crippen LogP contribution is -2.31. The van der Waals surface area contributed by atoms with Gasteiger partial charge in [-0.1, -0.05) is 61.7 Å². The highest BCUT2D eigenvalue weighted by Crippen LogP contribution is 2.34. The maximum atomic E-state index is 12.5. The lowest BCUT2D eigenvalue weighted by molar-refractivity contribution is -0.143. The Labute approximate surface area is 363 Å². The molecule has 6 atom stereocenters. The van der Waals surface area contributed by atoms with Crippen LogP contribution < -0.4 is 9.47 Å². The van der Waals surface area contributed by atoms with Gasteiger partial charge in [0.1, 0.15) is 87.1 Å². The number of fused-ring (bicyclic) bond motifs is 2. The van der Waals surface area contributed by atoms with Crippen LogP contribution in [-0.2, 0) is 47.6 Å². The molecule has 2 aromatic rings. The van der Waals surface area contributed by atoms with Gasteiger partial charge in [0.25, 0.3) is 0 Å². The predicted octanol–water partition coefficient (Wildman–Crippen LogP) is 3.48. The number of esters is 4. The summed E-state index contributed by atoms with van der Waals surface area (Å²) in [5, 5.41) is 37.4. The van der Waals surface area contributed by atoms with Gasteiger partial charge in [-0.05, 0) is 66.6 Å². The third-order valence-electron chi connectivity index (χ3n) is 9.30. The first-order valence-corrected chi connectivity index (χ1v) is 19.9. The Morgan fingerprint density at radius 2 is 1.10 bits per heavy atom. The van der Waals surface area contributed by atoms with Gasteiger partial charge < -0.3 is 58.3 Å². The first-order chi connectivity index (χ1) is 30.4. The Bertz CT molecular complexity index is 2140. The standard InChI is InChI=1S/C24H26O8.C23H24O8/c1-15(2)23(27)31-14-18(26)13-30-20-8-5-17-11-21(24(28)32-22(17)12-20)16-3-6-19(7-4-16)29-10-9-25;1-2-22(26)30-14-17(25)13-29-19-8-5-16-11-20(23(27)31-21(16)12-19)15-3-6-18(7-4-15)28-10-9-24/h3-8,11-12,17-18,22,25-26H,1,9-10,13-14H2,2H3;2-8,11-12,16-17,21,24-25H,1,9-10,13-14H2. The smallest absolute Gasteiger partial charge is 0.339 e. The average Bonchev–Trinajstić information content (AvgIpc) is 3.29. The van der Waals surface area contributed by atoms with Gasteiger partial charge >= 0.3 is 23.9 Å². The molecule has 0 radical (unpaired) electrons. The summed E-state index contributed by atoms with van der Waals surface area (Å²) in [4.78, 5) is 47.4. The van der Waals surface area contributed by atoms with Gasteiger partial charge in [0, 0.05) is 23.5 Å². The van der Waals surface area contributed by atoms with Crippen molar-refractivity contribution >= 4 is 35.0 Å². The van der Waals surface area contributed by atoms with E-state index >= 15 is 0 Å². The molecule has 2 aromatic carbocycles. The maximum absolute atomic E-state index is 12.5. The summed E-state index contributed by atoms with van der Waals surface area (Å²) >= 11 is 0. The highest BCUT2D eigenvalue weighted by molar-refractivity contribution is 6.18. The van der Waals surface area contributed by atoms with Crippen LogP contribution in [-0.4, -0.2) is 122 Å². The summed E-state index contributed by atoms with van der Waals surface area (Å²) in [7, 11) is 0. The predicted molar refractivity (Wildman–Crippen MR) is 226 cm³/mol. The van der Waals surface area contributed by atoms with Gasteiger partial charge in [-0.15, -0.1) is 0 Å². The van der Waals surface area contributed by atoms with E-state index in [1.54, 1.807) is 72.8 Å². The highest BCUT2D eigenvalue weighted by atomic mass is 16.6. The number of aliphatic hydroxyl groups is 4. The van der Waals surface area contributed by atoms with E-state index in [2.05, 4.69) is 13.2 Å². The number of carbonyl (C=O) groups is 4. The SMILES string of the molecule is C=C(C)C(=O)OCC(O)COC1=CC2OC(=O)C(c3ccc(OCCO)cc3)=CC2C=C1.C=CC(=O)OCC(O)COC1=CC2OC(=O)C(c3ccc(OCCO)cc3)=CC2C=C1. The Morgan fingerprint density at radius 1 is 0.667 bits per heavy atom. The molecule has 4 aliphatic rings. The van der Waals surface area contributed by atoms with Crippen LogP contribution in [0.15, 0.2) is 133 Å². The largest absolute Gasteiger partial charge is 0.491 e. The van der Waals surface area contributed by atoms with Crippen LogP contribution in [0.2, 0.25) is 0 Å². The molecule has 2 aliphatic heterocycles. The molecule has 2 aliphatic carbocycles. The van der Waals surface area contributed by atoms with E-state index in [-0.39, 0.29) is 70.3 Å². The molecular weight excluding hydrogens is 821 g/mol. The van der Waals surface area contributed by atoms with E-state index < -0.39 is 48.3 Å². The monoisotopic (exact) mass is 870 g/mol. The van der Waals surface area contributed by atoms with Crippen LogP contribution in [0.4, 0.5) is 0 Å². The minimum Gasteiger partial charge on any atom is -0.491 e. The summed E-state index contributed by atoms with van der Waals surface area (Å²) in [5.41, 5.74) is 2.57. The van der Waals surface area contributed by atoms with Crippen molar-refractivity contribution in [1.29, 1.82) is 0 Å². The van der Waals surface area contributed by atoms with Crippen molar-refractivity contribution < 1.29 is 77.5 Å². The number of carbonyl (C=O) groups excluding carboxylic acids is 4. The van der Waals surface area contributed by atoms with Gasteiger partial charge in [0.2, 0.25) is 0 Å². The minimum absolute atomic E-state index is 0.0738.